The highest BCUT2D eigenvalue weighted by atomic mass is 19.1. The van der Waals surface area contributed by atoms with Crippen LogP contribution in [0, 0.1) is 11.7 Å². The molecule has 0 aliphatic rings. The summed E-state index contributed by atoms with van der Waals surface area (Å²) in [5, 5.41) is 4.58. The van der Waals surface area contributed by atoms with E-state index in [1.807, 2.05) is 13.8 Å². The van der Waals surface area contributed by atoms with Crippen molar-refractivity contribution in [2.45, 2.75) is 33.3 Å². The van der Waals surface area contributed by atoms with Gasteiger partial charge in [-0.25, -0.2) is 14.0 Å². The number of imide groups is 1. The summed E-state index contributed by atoms with van der Waals surface area (Å²) in [5.41, 5.74) is 0. The summed E-state index contributed by atoms with van der Waals surface area (Å²) >= 11 is 0. The maximum Gasteiger partial charge on any atom is 0.347 e. The van der Waals surface area contributed by atoms with Gasteiger partial charge in [0.1, 0.15) is 11.6 Å². The molecule has 2 N–H and O–H groups in total. The van der Waals surface area contributed by atoms with Gasteiger partial charge in [0.15, 0.2) is 12.7 Å². The second kappa shape index (κ2) is 10.3. The molecule has 3 amide bonds. The monoisotopic (exact) mass is 354 g/mol. The standard InChI is InChI=1S/C17H23FN2O5/c1-11(2)8-9-19-17(23)20-15(21)10-24-16(22)12(3)25-14-6-4-13(18)5-7-14/h4-7,11-12H,8-10H2,1-3H3,(H2,19,20,21,23)/t12-/m0/s1. The Labute approximate surface area is 145 Å². The van der Waals surface area contributed by atoms with Crippen molar-refractivity contribution < 1.29 is 28.2 Å². The molecule has 0 spiro atoms. The van der Waals surface area contributed by atoms with Crippen LogP contribution < -0.4 is 15.4 Å². The van der Waals surface area contributed by atoms with Crippen LogP contribution in [0.3, 0.4) is 0 Å². The Bertz CT molecular complexity index is 589. The number of hydrogen-bond acceptors (Lipinski definition) is 5. The topological polar surface area (TPSA) is 93.7 Å². The Hall–Kier alpha value is -2.64. The molecule has 25 heavy (non-hydrogen) atoms. The Morgan fingerprint density at radius 3 is 2.36 bits per heavy atom. The van der Waals surface area contributed by atoms with E-state index in [4.69, 9.17) is 9.47 Å². The lowest BCUT2D eigenvalue weighted by Crippen LogP contribution is -2.42. The SMILES string of the molecule is CC(C)CCNC(=O)NC(=O)COC(=O)[C@H](C)Oc1ccc(F)cc1. The zero-order valence-corrected chi connectivity index (χ0v) is 14.5. The molecule has 138 valence electrons. The van der Waals surface area contributed by atoms with Gasteiger partial charge in [0.25, 0.3) is 5.91 Å². The molecule has 0 radical (unpaired) electrons. The third-order valence-electron chi connectivity index (χ3n) is 3.06. The number of hydrogen-bond donors (Lipinski definition) is 2. The van der Waals surface area contributed by atoms with Gasteiger partial charge in [-0.1, -0.05) is 13.8 Å². The predicted octanol–water partition coefficient (Wildman–Crippen LogP) is 2.01. The molecule has 0 aromatic heterocycles. The molecule has 1 atom stereocenters. The lowest BCUT2D eigenvalue weighted by atomic mass is 10.1. The van der Waals surface area contributed by atoms with Crippen LogP contribution in [0.1, 0.15) is 27.2 Å². The molecule has 0 aliphatic heterocycles. The number of nitrogens with one attached hydrogen (secondary N) is 2. The van der Waals surface area contributed by atoms with Crippen LogP contribution >= 0.6 is 0 Å². The molecule has 0 aliphatic carbocycles. The average Bonchev–Trinajstić information content (AvgIpc) is 2.54. The maximum absolute atomic E-state index is 12.8. The molecule has 1 aromatic rings. The fraction of sp³-hybridized carbons (Fsp3) is 0.471. The van der Waals surface area contributed by atoms with Crippen LogP contribution in [0.4, 0.5) is 9.18 Å². The summed E-state index contributed by atoms with van der Waals surface area (Å²) in [6.07, 6.45) is -0.201. The van der Waals surface area contributed by atoms with Crippen molar-refractivity contribution in [2.75, 3.05) is 13.2 Å². The molecule has 1 rings (SSSR count). The van der Waals surface area contributed by atoms with Crippen molar-refractivity contribution in [3.63, 3.8) is 0 Å². The van der Waals surface area contributed by atoms with Crippen LogP contribution in [0.15, 0.2) is 24.3 Å². The summed E-state index contributed by atoms with van der Waals surface area (Å²) in [6, 6.07) is 4.48. The number of halogens is 1. The minimum absolute atomic E-state index is 0.292. The van der Waals surface area contributed by atoms with Crippen molar-refractivity contribution in [1.82, 2.24) is 10.6 Å². The first-order valence-electron chi connectivity index (χ1n) is 7.94. The number of carbonyl (C=O) groups excluding carboxylic acids is 3. The van der Waals surface area contributed by atoms with Gasteiger partial charge >= 0.3 is 12.0 Å². The molecule has 1 aromatic carbocycles. The van der Waals surface area contributed by atoms with E-state index < -0.39 is 36.4 Å². The fourth-order valence-corrected chi connectivity index (χ4v) is 1.70. The third-order valence-corrected chi connectivity index (χ3v) is 3.06. The predicted molar refractivity (Wildman–Crippen MR) is 88.4 cm³/mol. The lowest BCUT2D eigenvalue weighted by molar-refractivity contribution is -0.154. The second-order valence-corrected chi connectivity index (χ2v) is 5.81. The normalized spacial score (nSPS) is 11.6. The molecule has 0 bridgehead atoms. The quantitative estimate of drug-likeness (QED) is 0.697. The Morgan fingerprint density at radius 2 is 1.76 bits per heavy atom. The number of ether oxygens (including phenoxy) is 2. The van der Waals surface area contributed by atoms with Crippen LogP contribution in [0.25, 0.3) is 0 Å². The second-order valence-electron chi connectivity index (χ2n) is 5.81. The summed E-state index contributed by atoms with van der Waals surface area (Å²) in [4.78, 5) is 34.7. The van der Waals surface area contributed by atoms with E-state index in [9.17, 15) is 18.8 Å². The van der Waals surface area contributed by atoms with E-state index in [0.29, 0.717) is 18.2 Å². The van der Waals surface area contributed by atoms with Gasteiger partial charge < -0.3 is 14.8 Å². The van der Waals surface area contributed by atoms with Gasteiger partial charge in [-0.05, 0) is 43.5 Å². The minimum Gasteiger partial charge on any atom is -0.479 e. The first-order valence-corrected chi connectivity index (χ1v) is 7.94. The summed E-state index contributed by atoms with van der Waals surface area (Å²) in [7, 11) is 0. The van der Waals surface area contributed by atoms with Crippen molar-refractivity contribution in [3.8, 4) is 5.75 Å². The highest BCUT2D eigenvalue weighted by molar-refractivity contribution is 5.95. The van der Waals surface area contributed by atoms with E-state index >= 15 is 0 Å². The molecule has 0 unspecified atom stereocenters. The average molecular weight is 354 g/mol. The summed E-state index contributed by atoms with van der Waals surface area (Å²) in [6.45, 7) is 5.30. The third kappa shape index (κ3) is 8.69. The largest absolute Gasteiger partial charge is 0.479 e. The molecular weight excluding hydrogens is 331 g/mol. The van der Waals surface area contributed by atoms with Crippen molar-refractivity contribution in [3.05, 3.63) is 30.1 Å². The molecule has 7 nitrogen and oxygen atoms in total. The number of rotatable bonds is 8. The summed E-state index contributed by atoms with van der Waals surface area (Å²) in [5.74, 6) is -1.23. The Kier molecular flexibility index (Phi) is 8.38. The fourth-order valence-electron chi connectivity index (χ4n) is 1.70. The number of amides is 3. The zero-order valence-electron chi connectivity index (χ0n) is 14.5. The number of benzene rings is 1. The zero-order chi connectivity index (χ0) is 18.8. The number of esters is 1. The van der Waals surface area contributed by atoms with Gasteiger partial charge in [0.2, 0.25) is 0 Å². The van der Waals surface area contributed by atoms with Crippen molar-refractivity contribution >= 4 is 17.9 Å². The first kappa shape index (κ1) is 20.4. The van der Waals surface area contributed by atoms with Crippen molar-refractivity contribution in [2.24, 2.45) is 5.92 Å². The van der Waals surface area contributed by atoms with Gasteiger partial charge in [0.05, 0.1) is 0 Å². The number of urea groups is 1. The van der Waals surface area contributed by atoms with E-state index in [0.717, 1.165) is 6.42 Å². The van der Waals surface area contributed by atoms with Crippen LogP contribution in [-0.2, 0) is 14.3 Å². The van der Waals surface area contributed by atoms with Gasteiger partial charge in [-0.2, -0.15) is 0 Å². The molecular formula is C17H23FN2O5. The molecule has 0 fully saturated rings. The van der Waals surface area contributed by atoms with E-state index in [2.05, 4.69) is 10.6 Å². The first-order chi connectivity index (χ1) is 11.8. The molecule has 0 saturated heterocycles. The molecule has 0 saturated carbocycles. The summed E-state index contributed by atoms with van der Waals surface area (Å²) < 4.78 is 22.8. The Balaban J connectivity index is 2.28. The van der Waals surface area contributed by atoms with E-state index in [-0.39, 0.29) is 0 Å². The maximum atomic E-state index is 12.8. The molecule has 0 heterocycles. The van der Waals surface area contributed by atoms with Crippen molar-refractivity contribution in [1.29, 1.82) is 0 Å². The highest BCUT2D eigenvalue weighted by Crippen LogP contribution is 2.13. The highest BCUT2D eigenvalue weighted by Gasteiger charge is 2.18. The van der Waals surface area contributed by atoms with Crippen LogP contribution in [0.5, 0.6) is 5.75 Å². The van der Waals surface area contributed by atoms with E-state index in [1.165, 1.54) is 31.2 Å². The van der Waals surface area contributed by atoms with E-state index in [1.54, 1.807) is 0 Å². The molecule has 8 heteroatoms. The van der Waals surface area contributed by atoms with Crippen LogP contribution in [-0.4, -0.2) is 37.2 Å². The van der Waals surface area contributed by atoms with Gasteiger partial charge in [-0.15, -0.1) is 0 Å². The van der Waals surface area contributed by atoms with Crippen LogP contribution in [0.2, 0.25) is 0 Å². The van der Waals surface area contributed by atoms with Gasteiger partial charge in [0, 0.05) is 6.54 Å². The van der Waals surface area contributed by atoms with Gasteiger partial charge in [-0.3, -0.25) is 10.1 Å². The number of carbonyl (C=O) groups is 3. The minimum atomic E-state index is -0.988. The lowest BCUT2D eigenvalue weighted by Gasteiger charge is -2.14. The Morgan fingerprint density at radius 1 is 1.12 bits per heavy atom. The smallest absolute Gasteiger partial charge is 0.347 e.